The molecule has 0 saturated carbocycles. The molecule has 2 aliphatic rings. The second-order valence-corrected chi connectivity index (χ2v) is 10.2. The summed E-state index contributed by atoms with van der Waals surface area (Å²) in [5.74, 6) is -2.01. The molecule has 0 aliphatic carbocycles. The topological polar surface area (TPSA) is 63.5 Å². The summed E-state index contributed by atoms with van der Waals surface area (Å²) in [4.78, 5) is 25.6. The summed E-state index contributed by atoms with van der Waals surface area (Å²) < 4.78 is 49.1. The van der Waals surface area contributed by atoms with Crippen LogP contribution in [0.3, 0.4) is 0 Å². The van der Waals surface area contributed by atoms with E-state index in [-0.39, 0.29) is 5.91 Å². The van der Waals surface area contributed by atoms with Crippen LogP contribution in [0.2, 0.25) is 0 Å². The molecule has 38 heavy (non-hydrogen) atoms. The van der Waals surface area contributed by atoms with E-state index in [4.69, 9.17) is 4.74 Å². The maximum atomic E-state index is 14.0. The van der Waals surface area contributed by atoms with Crippen LogP contribution in [0.15, 0.2) is 42.9 Å². The highest BCUT2D eigenvalue weighted by atomic mass is 19.2. The Morgan fingerprint density at radius 2 is 1.95 bits per heavy atom. The maximum Gasteiger partial charge on any atom is 0.250 e. The van der Waals surface area contributed by atoms with Crippen molar-refractivity contribution in [2.45, 2.75) is 44.2 Å². The first-order chi connectivity index (χ1) is 18.3. The molecule has 1 fully saturated rings. The van der Waals surface area contributed by atoms with Crippen molar-refractivity contribution in [2.75, 3.05) is 39.8 Å². The highest BCUT2D eigenvalue weighted by Crippen LogP contribution is 2.41. The Morgan fingerprint density at radius 1 is 1.16 bits per heavy atom. The first-order valence-corrected chi connectivity index (χ1v) is 13.0. The summed E-state index contributed by atoms with van der Waals surface area (Å²) in [7, 11) is 1.73. The number of piperidine rings is 1. The lowest BCUT2D eigenvalue weighted by Gasteiger charge is -2.45. The zero-order valence-corrected chi connectivity index (χ0v) is 21.7. The van der Waals surface area contributed by atoms with Crippen molar-refractivity contribution in [2.24, 2.45) is 0 Å². The molecule has 10 heteroatoms. The van der Waals surface area contributed by atoms with Gasteiger partial charge in [-0.3, -0.25) is 4.79 Å². The van der Waals surface area contributed by atoms with Crippen LogP contribution in [0.1, 0.15) is 47.8 Å². The molecule has 1 spiro atoms. The van der Waals surface area contributed by atoms with Gasteiger partial charge >= 0.3 is 0 Å². The average molecular weight is 528 g/mol. The van der Waals surface area contributed by atoms with Gasteiger partial charge in [-0.2, -0.15) is 4.39 Å². The zero-order chi connectivity index (χ0) is 26.9. The quantitative estimate of drug-likeness (QED) is 0.435. The van der Waals surface area contributed by atoms with Gasteiger partial charge in [-0.05, 0) is 68.5 Å². The first kappa shape index (κ1) is 26.4. The number of fused-ring (bicyclic) bond motifs is 2. The molecular formula is C28H32F3N5O2. The number of halogens is 3. The molecule has 5 rings (SSSR count). The molecule has 1 unspecified atom stereocenters. The fourth-order valence-electron chi connectivity index (χ4n) is 5.69. The molecule has 0 radical (unpaired) electrons. The number of benzene rings is 1. The van der Waals surface area contributed by atoms with Crippen LogP contribution in [0.5, 0.6) is 0 Å². The normalized spacial score (nSPS) is 17.8. The minimum Gasteiger partial charge on any atom is -0.370 e. The molecule has 2 aromatic heterocycles. The van der Waals surface area contributed by atoms with Crippen molar-refractivity contribution in [3.63, 3.8) is 0 Å². The second kappa shape index (κ2) is 10.9. The van der Waals surface area contributed by atoms with Crippen molar-refractivity contribution in [1.82, 2.24) is 24.3 Å². The summed E-state index contributed by atoms with van der Waals surface area (Å²) in [5.41, 5.74) is 1.96. The van der Waals surface area contributed by atoms with Crippen LogP contribution in [0, 0.1) is 24.5 Å². The fourth-order valence-corrected chi connectivity index (χ4v) is 5.69. The minimum atomic E-state index is -0.992. The van der Waals surface area contributed by atoms with E-state index in [9.17, 15) is 18.0 Å². The van der Waals surface area contributed by atoms with Gasteiger partial charge in [0.15, 0.2) is 11.6 Å². The third-order valence-corrected chi connectivity index (χ3v) is 7.84. The molecule has 2 aliphatic heterocycles. The first-order valence-electron chi connectivity index (χ1n) is 13.0. The highest BCUT2D eigenvalue weighted by Gasteiger charge is 2.41. The minimum absolute atomic E-state index is 0.221. The monoisotopic (exact) mass is 527 g/mol. The van der Waals surface area contributed by atoms with Crippen molar-refractivity contribution in [1.29, 1.82) is 0 Å². The number of hydrogen-bond donors (Lipinski definition) is 0. The predicted octanol–water partition coefficient (Wildman–Crippen LogP) is 4.01. The number of nitrogens with zero attached hydrogens (tertiary/aromatic N) is 5. The number of carbonyl (C=O) groups is 1. The van der Waals surface area contributed by atoms with Crippen LogP contribution in [0.25, 0.3) is 0 Å². The number of carbonyl (C=O) groups excluding carboxylic acids is 1. The summed E-state index contributed by atoms with van der Waals surface area (Å²) >= 11 is 0. The number of aryl methyl sites for hydroxylation is 1. The molecule has 0 bridgehead atoms. The van der Waals surface area contributed by atoms with Gasteiger partial charge in [-0.15, -0.1) is 0 Å². The van der Waals surface area contributed by atoms with Crippen molar-refractivity contribution < 1.29 is 22.7 Å². The molecule has 4 heterocycles. The average Bonchev–Trinajstić information content (AvgIpc) is 3.32. The standard InChI is InChI=1S/C28H32F3N5O2/c1-19-32-9-14-36(19)26(21-4-5-23(29)24(30)16-21)27(37)34(2)10-3-11-35-12-7-28(8-13-35)22-18-33-25(31)17-20(22)6-15-38-28/h4-5,9,14,16-18,26H,3,6-8,10-13,15H2,1-2H3. The van der Waals surface area contributed by atoms with Crippen molar-refractivity contribution in [3.8, 4) is 0 Å². The number of ether oxygens (including phenoxy) is 1. The van der Waals surface area contributed by atoms with E-state index in [0.717, 1.165) is 62.2 Å². The number of hydrogen-bond acceptors (Lipinski definition) is 5. The van der Waals surface area contributed by atoms with E-state index in [0.29, 0.717) is 31.0 Å². The maximum absolute atomic E-state index is 14.0. The molecule has 1 atom stereocenters. The van der Waals surface area contributed by atoms with E-state index in [1.807, 2.05) is 0 Å². The molecule has 1 aromatic carbocycles. The highest BCUT2D eigenvalue weighted by molar-refractivity contribution is 5.83. The number of likely N-dealkylation sites (N-methyl/N-ethyl adjacent to an activating group) is 1. The Kier molecular flexibility index (Phi) is 7.54. The Bertz CT molecular complexity index is 1310. The Morgan fingerprint density at radius 3 is 2.66 bits per heavy atom. The van der Waals surface area contributed by atoms with Crippen LogP contribution in [-0.4, -0.2) is 70.1 Å². The van der Waals surface area contributed by atoms with Crippen LogP contribution in [-0.2, 0) is 21.6 Å². The summed E-state index contributed by atoms with van der Waals surface area (Å²) in [6.07, 6.45) is 7.95. The van der Waals surface area contributed by atoms with Crippen LogP contribution < -0.4 is 0 Å². The lowest BCUT2D eigenvalue weighted by Crippen LogP contribution is -2.47. The Balaban J connectivity index is 1.19. The van der Waals surface area contributed by atoms with E-state index in [1.54, 1.807) is 42.0 Å². The molecular weight excluding hydrogens is 495 g/mol. The molecule has 202 valence electrons. The lowest BCUT2D eigenvalue weighted by atomic mass is 9.80. The van der Waals surface area contributed by atoms with Crippen LogP contribution in [0.4, 0.5) is 13.2 Å². The molecule has 7 nitrogen and oxygen atoms in total. The van der Waals surface area contributed by atoms with E-state index < -0.39 is 29.2 Å². The third-order valence-electron chi connectivity index (χ3n) is 7.84. The fraction of sp³-hybridized carbons (Fsp3) is 0.464. The summed E-state index contributed by atoms with van der Waals surface area (Å²) in [5, 5.41) is 0. The number of likely N-dealkylation sites (tertiary alicyclic amines) is 1. The summed E-state index contributed by atoms with van der Waals surface area (Å²) in [6, 6.07) is 4.24. The van der Waals surface area contributed by atoms with E-state index >= 15 is 0 Å². The van der Waals surface area contributed by atoms with Gasteiger partial charge in [0.1, 0.15) is 11.9 Å². The Labute approximate surface area is 220 Å². The number of amides is 1. The predicted molar refractivity (Wildman–Crippen MR) is 135 cm³/mol. The number of imidazole rings is 1. The van der Waals surface area contributed by atoms with Gasteiger partial charge in [0, 0.05) is 50.8 Å². The zero-order valence-electron chi connectivity index (χ0n) is 21.7. The van der Waals surface area contributed by atoms with Gasteiger partial charge in [0.05, 0.1) is 12.2 Å². The molecule has 0 N–H and O–H groups in total. The number of rotatable bonds is 7. The summed E-state index contributed by atoms with van der Waals surface area (Å²) in [6.45, 7) is 5.34. The van der Waals surface area contributed by atoms with Crippen LogP contribution >= 0.6 is 0 Å². The second-order valence-electron chi connectivity index (χ2n) is 10.2. The SMILES string of the molecule is Cc1nccn1C(C(=O)N(C)CCCN1CCC2(CC1)OCCc1cc(F)ncc12)c1ccc(F)c(F)c1. The largest absolute Gasteiger partial charge is 0.370 e. The van der Waals surface area contributed by atoms with Gasteiger partial charge in [0.25, 0.3) is 0 Å². The van der Waals surface area contributed by atoms with Gasteiger partial charge in [-0.25, -0.2) is 18.7 Å². The van der Waals surface area contributed by atoms with Crippen molar-refractivity contribution in [3.05, 3.63) is 83.0 Å². The van der Waals surface area contributed by atoms with E-state index in [2.05, 4.69) is 14.9 Å². The Hall–Kier alpha value is -3.24. The smallest absolute Gasteiger partial charge is 0.250 e. The number of pyridine rings is 1. The van der Waals surface area contributed by atoms with E-state index in [1.165, 1.54) is 12.1 Å². The molecule has 1 saturated heterocycles. The third kappa shape index (κ3) is 5.19. The van der Waals surface area contributed by atoms with Gasteiger partial charge in [0.2, 0.25) is 11.9 Å². The molecule has 3 aromatic rings. The number of aromatic nitrogens is 3. The van der Waals surface area contributed by atoms with Gasteiger partial charge < -0.3 is 19.1 Å². The molecule has 1 amide bonds. The van der Waals surface area contributed by atoms with Crippen molar-refractivity contribution >= 4 is 5.91 Å². The lowest BCUT2D eigenvalue weighted by molar-refractivity contribution is -0.132. The van der Waals surface area contributed by atoms with Gasteiger partial charge in [-0.1, -0.05) is 6.07 Å².